The molecular weight excluding hydrogens is 373 g/mol. The summed E-state index contributed by atoms with van der Waals surface area (Å²) >= 11 is 1.25. The van der Waals surface area contributed by atoms with Gasteiger partial charge in [0.25, 0.3) is 11.5 Å². The molecule has 1 aromatic carbocycles. The minimum absolute atomic E-state index is 0.0946. The first-order valence-corrected chi connectivity index (χ1v) is 9.18. The number of hydrogen-bond acceptors (Lipinski definition) is 7. The Morgan fingerprint density at radius 3 is 2.89 bits per heavy atom. The first kappa shape index (κ1) is 17.6. The maximum atomic E-state index is 13.3. The predicted molar refractivity (Wildman–Crippen MR) is 97.7 cm³/mol. The van der Waals surface area contributed by atoms with E-state index < -0.39 is 11.5 Å². The van der Waals surface area contributed by atoms with Gasteiger partial charge in [0.1, 0.15) is 11.5 Å². The number of ether oxygens (including phenoxy) is 1. The Balaban J connectivity index is 1.60. The van der Waals surface area contributed by atoms with Crippen molar-refractivity contribution in [2.24, 2.45) is 0 Å². The monoisotopic (exact) mass is 389 g/mol. The van der Waals surface area contributed by atoms with Crippen LogP contribution in [0.15, 0.2) is 35.1 Å². The molecule has 4 rings (SSSR count). The largest absolute Gasteiger partial charge is 0.378 e. The molecule has 0 radical (unpaired) electrons. The average Bonchev–Trinajstić information content (AvgIpc) is 3.10. The number of halogens is 1. The van der Waals surface area contributed by atoms with Crippen LogP contribution < -0.4 is 15.8 Å². The third-order valence-electron chi connectivity index (χ3n) is 4.10. The van der Waals surface area contributed by atoms with Crippen molar-refractivity contribution in [3.8, 4) is 0 Å². The highest BCUT2D eigenvalue weighted by Crippen LogP contribution is 2.23. The fourth-order valence-electron chi connectivity index (χ4n) is 2.77. The summed E-state index contributed by atoms with van der Waals surface area (Å²) in [7, 11) is 0. The van der Waals surface area contributed by atoms with Crippen LogP contribution >= 0.6 is 11.3 Å². The van der Waals surface area contributed by atoms with E-state index in [0.29, 0.717) is 42.0 Å². The van der Waals surface area contributed by atoms with Gasteiger partial charge in [-0.05, 0) is 17.7 Å². The quantitative estimate of drug-likeness (QED) is 0.718. The lowest BCUT2D eigenvalue weighted by Crippen LogP contribution is -2.36. The molecule has 0 bridgehead atoms. The van der Waals surface area contributed by atoms with Crippen molar-refractivity contribution >= 4 is 27.3 Å². The van der Waals surface area contributed by atoms with E-state index in [0.717, 1.165) is 6.07 Å². The van der Waals surface area contributed by atoms with Crippen molar-refractivity contribution in [1.29, 1.82) is 0 Å². The number of nitrogens with one attached hydrogen (secondary N) is 1. The van der Waals surface area contributed by atoms with Gasteiger partial charge in [0, 0.05) is 25.7 Å². The topological polar surface area (TPSA) is 88.8 Å². The van der Waals surface area contributed by atoms with Crippen LogP contribution in [0.2, 0.25) is 0 Å². The van der Waals surface area contributed by atoms with E-state index in [1.807, 2.05) is 4.90 Å². The Morgan fingerprint density at radius 2 is 2.11 bits per heavy atom. The molecule has 3 heterocycles. The van der Waals surface area contributed by atoms with E-state index in [1.54, 1.807) is 12.1 Å². The van der Waals surface area contributed by atoms with Crippen LogP contribution in [0.4, 0.5) is 9.52 Å². The number of amides is 1. The van der Waals surface area contributed by atoms with Gasteiger partial charge < -0.3 is 15.0 Å². The van der Waals surface area contributed by atoms with Crippen molar-refractivity contribution in [2.75, 3.05) is 31.2 Å². The molecule has 3 aromatic rings. The Kier molecular flexibility index (Phi) is 4.82. The summed E-state index contributed by atoms with van der Waals surface area (Å²) in [6.45, 7) is 2.71. The molecule has 0 unspecified atom stereocenters. The number of anilines is 1. The number of morpholine rings is 1. The Hall–Kier alpha value is -2.85. The highest BCUT2D eigenvalue weighted by Gasteiger charge is 2.20. The molecule has 1 fully saturated rings. The molecule has 27 heavy (non-hydrogen) atoms. The molecule has 8 nitrogen and oxygen atoms in total. The fourth-order valence-corrected chi connectivity index (χ4v) is 3.73. The maximum Gasteiger partial charge on any atom is 0.274 e. The van der Waals surface area contributed by atoms with E-state index in [1.165, 1.54) is 28.0 Å². The van der Waals surface area contributed by atoms with Crippen LogP contribution in [0.25, 0.3) is 4.96 Å². The molecule has 0 atom stereocenters. The standard InChI is InChI=1S/C17H16FN5O3S/c18-12-3-1-2-11(8-12)10-19-15(25)13-9-14(24)20-16-23(13)21-17(27-16)22-4-6-26-7-5-22/h1-3,8-9H,4-7,10H2,(H,19,25). The van der Waals surface area contributed by atoms with Gasteiger partial charge in [-0.1, -0.05) is 23.5 Å². The molecule has 10 heteroatoms. The summed E-state index contributed by atoms with van der Waals surface area (Å²) in [5.41, 5.74) is 0.202. The highest BCUT2D eigenvalue weighted by molar-refractivity contribution is 7.20. The molecule has 1 amide bonds. The number of nitrogens with zero attached hydrogens (tertiary/aromatic N) is 4. The SMILES string of the molecule is O=C(NCc1cccc(F)c1)c1cc(=O)nc2sc(N3CCOCC3)nn12. The second-order valence-corrected chi connectivity index (χ2v) is 6.91. The Morgan fingerprint density at radius 1 is 1.30 bits per heavy atom. The van der Waals surface area contributed by atoms with Gasteiger partial charge in [-0.3, -0.25) is 9.59 Å². The van der Waals surface area contributed by atoms with E-state index in [9.17, 15) is 14.0 Å². The molecule has 1 aliphatic rings. The van der Waals surface area contributed by atoms with E-state index in [2.05, 4.69) is 15.4 Å². The summed E-state index contributed by atoms with van der Waals surface area (Å²) in [4.78, 5) is 30.8. The zero-order valence-electron chi connectivity index (χ0n) is 14.2. The second-order valence-electron chi connectivity index (χ2n) is 5.97. The summed E-state index contributed by atoms with van der Waals surface area (Å²) < 4.78 is 20.0. The number of carbonyl (C=O) groups excluding carboxylic acids is 1. The van der Waals surface area contributed by atoms with Crippen LogP contribution in [0.3, 0.4) is 0 Å². The van der Waals surface area contributed by atoms with Crippen molar-refractivity contribution in [1.82, 2.24) is 19.9 Å². The number of carbonyl (C=O) groups is 1. The third kappa shape index (κ3) is 3.81. The van der Waals surface area contributed by atoms with Gasteiger partial charge >= 0.3 is 0 Å². The normalized spacial score (nSPS) is 14.5. The fraction of sp³-hybridized carbons (Fsp3) is 0.294. The molecule has 1 aliphatic heterocycles. The minimum Gasteiger partial charge on any atom is -0.378 e. The predicted octanol–water partition coefficient (Wildman–Crippen LogP) is 1.06. The van der Waals surface area contributed by atoms with Crippen molar-refractivity contribution in [2.45, 2.75) is 6.54 Å². The number of rotatable bonds is 4. The van der Waals surface area contributed by atoms with Crippen LogP contribution in [-0.4, -0.2) is 46.8 Å². The van der Waals surface area contributed by atoms with Gasteiger partial charge in [0.2, 0.25) is 10.1 Å². The average molecular weight is 389 g/mol. The van der Waals surface area contributed by atoms with Crippen LogP contribution in [0.1, 0.15) is 16.1 Å². The van der Waals surface area contributed by atoms with E-state index in [-0.39, 0.29) is 18.1 Å². The van der Waals surface area contributed by atoms with Crippen molar-refractivity contribution < 1.29 is 13.9 Å². The maximum absolute atomic E-state index is 13.3. The molecule has 0 saturated carbocycles. The summed E-state index contributed by atoms with van der Waals surface area (Å²) in [5.74, 6) is -0.855. The van der Waals surface area contributed by atoms with Gasteiger partial charge in [-0.25, -0.2) is 4.39 Å². The van der Waals surface area contributed by atoms with Crippen LogP contribution in [-0.2, 0) is 11.3 Å². The first-order valence-electron chi connectivity index (χ1n) is 8.36. The first-order chi connectivity index (χ1) is 13.1. The van der Waals surface area contributed by atoms with Crippen molar-refractivity contribution in [3.05, 3.63) is 57.8 Å². The zero-order chi connectivity index (χ0) is 18.8. The summed E-state index contributed by atoms with van der Waals surface area (Å²) in [6, 6.07) is 7.10. The van der Waals surface area contributed by atoms with E-state index >= 15 is 0 Å². The number of fused-ring (bicyclic) bond motifs is 1. The number of benzene rings is 1. The number of hydrogen-bond donors (Lipinski definition) is 1. The molecule has 140 valence electrons. The molecule has 1 N–H and O–H groups in total. The van der Waals surface area contributed by atoms with Crippen LogP contribution in [0, 0.1) is 5.82 Å². The van der Waals surface area contributed by atoms with Gasteiger partial charge in [-0.15, -0.1) is 5.10 Å². The molecule has 2 aromatic heterocycles. The lowest BCUT2D eigenvalue weighted by Gasteiger charge is -2.25. The highest BCUT2D eigenvalue weighted by atomic mass is 32.1. The lowest BCUT2D eigenvalue weighted by molar-refractivity contribution is 0.0943. The smallest absolute Gasteiger partial charge is 0.274 e. The zero-order valence-corrected chi connectivity index (χ0v) is 15.0. The third-order valence-corrected chi connectivity index (χ3v) is 5.07. The van der Waals surface area contributed by atoms with Crippen molar-refractivity contribution in [3.63, 3.8) is 0 Å². The molecule has 0 spiro atoms. The van der Waals surface area contributed by atoms with E-state index in [4.69, 9.17) is 4.74 Å². The van der Waals surface area contributed by atoms with Crippen LogP contribution in [0.5, 0.6) is 0 Å². The molecular formula is C17H16FN5O3S. The minimum atomic E-state index is -0.511. The Labute approximate surface area is 157 Å². The van der Waals surface area contributed by atoms with Gasteiger partial charge in [0.15, 0.2) is 0 Å². The number of aromatic nitrogens is 3. The lowest BCUT2D eigenvalue weighted by atomic mass is 10.2. The molecule has 1 saturated heterocycles. The second kappa shape index (κ2) is 7.41. The summed E-state index contributed by atoms with van der Waals surface area (Å²) in [5, 5.41) is 7.82. The van der Waals surface area contributed by atoms with Gasteiger partial charge in [0.05, 0.1) is 13.2 Å². The molecule has 0 aliphatic carbocycles. The Bertz CT molecular complexity index is 1040. The van der Waals surface area contributed by atoms with Gasteiger partial charge in [-0.2, -0.15) is 9.50 Å². The summed E-state index contributed by atoms with van der Waals surface area (Å²) in [6.07, 6.45) is 0.